The molecule has 5 nitrogen and oxygen atoms in total. The molecule has 0 aliphatic rings. The van der Waals surface area contributed by atoms with Crippen LogP contribution in [0.4, 0.5) is 0 Å². The Kier molecular flexibility index (Phi) is 35.3. The molecule has 0 aliphatic carbocycles. The number of rotatable bonds is 0. The fourth-order valence-electron chi connectivity index (χ4n) is 0. The van der Waals surface area contributed by atoms with Gasteiger partial charge in [-0.05, 0) is 0 Å². The fraction of sp³-hybridized carbons (Fsp3) is 0. The maximum atomic E-state index is 8.67. The second-order valence-corrected chi connectivity index (χ2v) is 0.692. The Morgan fingerprint density at radius 3 is 1.29 bits per heavy atom. The summed E-state index contributed by atoms with van der Waals surface area (Å²) in [7, 11) is 0. The third kappa shape index (κ3) is 178. The molecule has 7 heavy (non-hydrogen) atoms. The molecule has 0 saturated heterocycles. The number of hydrogen-bond acceptors (Lipinski definition) is 3. The van der Waals surface area contributed by atoms with Crippen LogP contribution in [0.5, 0.6) is 0 Å². The molecule has 0 aromatic heterocycles. The van der Waals surface area contributed by atoms with E-state index in [9.17, 15) is 0 Å². The maximum Gasteiger partial charge on any atom is 1.00 e. The Morgan fingerprint density at radius 1 is 1.29 bits per heavy atom. The van der Waals surface area contributed by atoms with E-state index in [0.29, 0.717) is 0 Å². The zero-order chi connectivity index (χ0) is 5.58. The van der Waals surface area contributed by atoms with Crippen LogP contribution in [0.3, 0.4) is 0 Å². The first-order chi connectivity index (χ1) is 2.73. The van der Waals surface area contributed by atoms with E-state index in [1.165, 1.54) is 0 Å². The fourth-order valence-corrected chi connectivity index (χ4v) is 0. The molecule has 0 heterocycles. The molecule has 0 fully saturated rings. The largest absolute Gasteiger partial charge is 1.00 e. The molecule has 0 atom stereocenters. The van der Waals surface area contributed by atoms with Gasteiger partial charge in [0, 0.05) is 0 Å². The molecule has 0 saturated carbocycles. The second kappa shape index (κ2) is 15.8. The summed E-state index contributed by atoms with van der Waals surface area (Å²) in [6.45, 7) is 0. The molecule has 42 valence electrons. The van der Waals surface area contributed by atoms with Gasteiger partial charge in [0.15, 0.2) is 0 Å². The summed E-state index contributed by atoms with van der Waals surface area (Å²) in [4.78, 5) is 0. The monoisotopic (exact) mass is 140 g/mol. The van der Waals surface area contributed by atoms with Gasteiger partial charge in [-0.3, -0.25) is 19.6 Å². The van der Waals surface area contributed by atoms with E-state index in [1.54, 1.807) is 0 Å². The van der Waals surface area contributed by atoms with E-state index >= 15 is 0 Å². The van der Waals surface area contributed by atoms with Crippen LogP contribution in [0.15, 0.2) is 0 Å². The van der Waals surface area contributed by atoms with Crippen LogP contribution < -0.4 is 29.6 Å². The van der Waals surface area contributed by atoms with Crippen LogP contribution in [-0.4, -0.2) is 23.8 Å². The Labute approximate surface area is 66.2 Å². The average molecular weight is 140 g/mol. The Bertz CT molecular complexity index is 35.4. The molecule has 0 aliphatic heterocycles. The standard InChI is InChI=1S/Na.H2O3S.H2O2.H/c;1-4(2)3;1-2;/h;(H2,1,2,3);1-2H;/q+1;;;-1. The van der Waals surface area contributed by atoms with Crippen LogP contribution in [-0.2, 0) is 11.4 Å². The Morgan fingerprint density at radius 2 is 1.29 bits per heavy atom. The maximum absolute atomic E-state index is 8.67. The number of hydrogen-bond donors (Lipinski definition) is 4. The minimum Gasteiger partial charge on any atom is -1.00 e. The zero-order valence-electron chi connectivity index (χ0n) is 4.61. The minimum atomic E-state index is -2.61. The van der Waals surface area contributed by atoms with Gasteiger partial charge in [-0.15, -0.1) is 0 Å². The van der Waals surface area contributed by atoms with Crippen molar-refractivity contribution in [1.82, 2.24) is 0 Å². The summed E-state index contributed by atoms with van der Waals surface area (Å²) in [6, 6.07) is 0. The normalized spacial score (nSPS) is 5.86. The van der Waals surface area contributed by atoms with Crippen LogP contribution in [0.2, 0.25) is 0 Å². The van der Waals surface area contributed by atoms with E-state index in [2.05, 4.69) is 0 Å². The topological polar surface area (TPSA) is 98.0 Å². The molecule has 0 aromatic carbocycles. The Hall–Kier alpha value is 0.990. The van der Waals surface area contributed by atoms with Crippen LogP contribution in [0.1, 0.15) is 1.43 Å². The molecule has 0 unspecified atom stereocenters. The van der Waals surface area contributed by atoms with E-state index < -0.39 is 11.4 Å². The van der Waals surface area contributed by atoms with Crippen molar-refractivity contribution in [3.8, 4) is 0 Å². The van der Waals surface area contributed by atoms with Crippen molar-refractivity contribution in [3.63, 3.8) is 0 Å². The van der Waals surface area contributed by atoms with Gasteiger partial charge in [0.05, 0.1) is 0 Å². The minimum absolute atomic E-state index is 0. The van der Waals surface area contributed by atoms with Crippen LogP contribution in [0.25, 0.3) is 0 Å². The molecule has 4 N–H and O–H groups in total. The van der Waals surface area contributed by atoms with Gasteiger partial charge in [0.25, 0.3) is 11.4 Å². The van der Waals surface area contributed by atoms with Gasteiger partial charge in [0.2, 0.25) is 0 Å². The summed E-state index contributed by atoms with van der Waals surface area (Å²) in [5, 5.41) is 12.0. The molecule has 0 rings (SSSR count). The van der Waals surface area contributed by atoms with Crippen molar-refractivity contribution in [2.75, 3.05) is 0 Å². The molecule has 0 spiro atoms. The molecule has 0 aromatic rings. The first kappa shape index (κ1) is 15.7. The Balaban J connectivity index is -0.0000000183. The quantitative estimate of drug-likeness (QED) is 0.123. The van der Waals surface area contributed by atoms with Crippen molar-refractivity contribution in [3.05, 3.63) is 0 Å². The molecule has 0 amide bonds. The summed E-state index contributed by atoms with van der Waals surface area (Å²) in [5.74, 6) is 0. The average Bonchev–Trinajstić information content (AvgIpc) is 1.41. The molecule has 0 bridgehead atoms. The molecule has 7 heteroatoms. The molecular formula is H5NaO5S. The summed E-state index contributed by atoms with van der Waals surface area (Å²) >= 11 is -2.61. The van der Waals surface area contributed by atoms with E-state index in [1.807, 2.05) is 0 Å². The van der Waals surface area contributed by atoms with E-state index in [-0.39, 0.29) is 31.0 Å². The van der Waals surface area contributed by atoms with Gasteiger partial charge in [0.1, 0.15) is 0 Å². The molecular weight excluding hydrogens is 135 g/mol. The molecule has 0 radical (unpaired) electrons. The third-order valence-electron chi connectivity index (χ3n) is 0. The SMILES string of the molecule is O=S(O)O.OO.[H-].[Na+]. The van der Waals surface area contributed by atoms with Crippen molar-refractivity contribution < 1.29 is 54.8 Å². The van der Waals surface area contributed by atoms with Crippen LogP contribution in [0, 0.1) is 0 Å². The third-order valence-corrected chi connectivity index (χ3v) is 0. The van der Waals surface area contributed by atoms with Crippen molar-refractivity contribution in [2.24, 2.45) is 0 Å². The van der Waals surface area contributed by atoms with Gasteiger partial charge < -0.3 is 1.43 Å². The van der Waals surface area contributed by atoms with Crippen molar-refractivity contribution in [2.45, 2.75) is 0 Å². The van der Waals surface area contributed by atoms with Crippen LogP contribution >= 0.6 is 0 Å². The second-order valence-electron chi connectivity index (χ2n) is 0.231. The van der Waals surface area contributed by atoms with Gasteiger partial charge >= 0.3 is 29.6 Å². The summed E-state index contributed by atoms with van der Waals surface area (Å²) in [6.07, 6.45) is 0. The smallest absolute Gasteiger partial charge is 1.00 e. The van der Waals surface area contributed by atoms with Gasteiger partial charge in [-0.2, -0.15) is 4.21 Å². The zero-order valence-corrected chi connectivity index (χ0v) is 6.42. The van der Waals surface area contributed by atoms with E-state index in [0.717, 1.165) is 0 Å². The summed E-state index contributed by atoms with van der Waals surface area (Å²) in [5.41, 5.74) is 0. The van der Waals surface area contributed by atoms with Crippen molar-refractivity contribution in [1.29, 1.82) is 0 Å². The van der Waals surface area contributed by atoms with Crippen molar-refractivity contribution >= 4 is 11.4 Å². The summed E-state index contributed by atoms with van der Waals surface area (Å²) < 4.78 is 22.8. The predicted molar refractivity (Wildman–Crippen MR) is 19.8 cm³/mol. The predicted octanol–water partition coefficient (Wildman–Crippen LogP) is -3.18. The first-order valence-electron chi connectivity index (χ1n) is 0.732. The van der Waals surface area contributed by atoms with Gasteiger partial charge in [-0.1, -0.05) is 0 Å². The first-order valence-corrected chi connectivity index (χ1v) is 1.80. The van der Waals surface area contributed by atoms with E-state index in [4.69, 9.17) is 23.8 Å². The van der Waals surface area contributed by atoms with Gasteiger partial charge in [-0.25, -0.2) is 0 Å².